The van der Waals surface area contributed by atoms with Crippen LogP contribution in [0.5, 0.6) is 0 Å². The number of aromatic nitrogens is 2. The Balaban J connectivity index is 2.05. The lowest BCUT2D eigenvalue weighted by Crippen LogP contribution is -2.44. The molecule has 128 valence electrons. The Hall–Kier alpha value is -2.70. The van der Waals surface area contributed by atoms with E-state index in [1.165, 1.54) is 4.57 Å². The summed E-state index contributed by atoms with van der Waals surface area (Å²) in [4.78, 5) is 40.4. The van der Waals surface area contributed by atoms with Gasteiger partial charge in [0.1, 0.15) is 11.9 Å². The summed E-state index contributed by atoms with van der Waals surface area (Å²) in [5.41, 5.74) is 0.485. The van der Waals surface area contributed by atoms with E-state index in [-0.39, 0.29) is 23.8 Å². The predicted octanol–water partition coefficient (Wildman–Crippen LogP) is 0.507. The van der Waals surface area contributed by atoms with Crippen LogP contribution < -0.4 is 16.2 Å². The molecule has 24 heavy (non-hydrogen) atoms. The number of nitrogens with zero attached hydrogens (tertiary/aromatic N) is 2. The van der Waals surface area contributed by atoms with E-state index in [0.717, 1.165) is 0 Å². The van der Waals surface area contributed by atoms with Crippen LogP contribution in [0.1, 0.15) is 26.1 Å². The van der Waals surface area contributed by atoms with Crippen LogP contribution in [-0.4, -0.2) is 34.0 Å². The van der Waals surface area contributed by atoms with E-state index in [9.17, 15) is 14.4 Å². The second-order valence-corrected chi connectivity index (χ2v) is 5.59. The number of aryl methyl sites for hydroxylation is 1. The maximum absolute atomic E-state index is 12.3. The lowest BCUT2D eigenvalue weighted by Gasteiger charge is -2.14. The van der Waals surface area contributed by atoms with Crippen LogP contribution in [0.2, 0.25) is 0 Å². The number of likely N-dealkylation sites (N-methyl/N-ethyl adjacent to an activating group) is 1. The first kappa shape index (κ1) is 17.7. The Labute approximate surface area is 140 Å². The Bertz CT molecular complexity index is 813. The topological polar surface area (TPSA) is 93.1 Å². The van der Waals surface area contributed by atoms with Crippen molar-refractivity contribution in [1.29, 1.82) is 0 Å². The van der Waals surface area contributed by atoms with Crippen LogP contribution in [-0.2, 0) is 23.1 Å². The Morgan fingerprint density at radius 3 is 2.71 bits per heavy atom. The van der Waals surface area contributed by atoms with Crippen molar-refractivity contribution in [3.8, 4) is 0 Å². The number of carbonyl (C=O) groups is 2. The van der Waals surface area contributed by atoms with Crippen molar-refractivity contribution in [1.82, 2.24) is 20.2 Å². The van der Waals surface area contributed by atoms with Gasteiger partial charge in [-0.1, -0.05) is 12.1 Å². The van der Waals surface area contributed by atoms with Crippen molar-refractivity contribution < 1.29 is 9.59 Å². The van der Waals surface area contributed by atoms with Crippen LogP contribution in [0.25, 0.3) is 10.9 Å². The van der Waals surface area contributed by atoms with Gasteiger partial charge in [-0.15, -0.1) is 0 Å². The van der Waals surface area contributed by atoms with Gasteiger partial charge < -0.3 is 10.6 Å². The van der Waals surface area contributed by atoms with E-state index >= 15 is 0 Å². The fourth-order valence-corrected chi connectivity index (χ4v) is 2.42. The fourth-order valence-electron chi connectivity index (χ4n) is 2.42. The van der Waals surface area contributed by atoms with Crippen LogP contribution in [0.3, 0.4) is 0 Å². The molecule has 1 heterocycles. The summed E-state index contributed by atoms with van der Waals surface area (Å²) >= 11 is 0. The molecule has 2 amide bonds. The second kappa shape index (κ2) is 7.72. The van der Waals surface area contributed by atoms with Gasteiger partial charge in [0.05, 0.1) is 10.9 Å². The van der Waals surface area contributed by atoms with Crippen molar-refractivity contribution in [3.63, 3.8) is 0 Å². The molecule has 0 aliphatic carbocycles. The monoisotopic (exact) mass is 330 g/mol. The highest BCUT2D eigenvalue weighted by molar-refractivity contribution is 5.87. The van der Waals surface area contributed by atoms with Crippen molar-refractivity contribution in [2.24, 2.45) is 7.05 Å². The quantitative estimate of drug-likeness (QED) is 0.807. The number of rotatable bonds is 6. The van der Waals surface area contributed by atoms with Gasteiger partial charge in [-0.05, 0) is 26.0 Å². The number of fused-ring (bicyclic) bond motifs is 1. The van der Waals surface area contributed by atoms with E-state index in [1.54, 1.807) is 32.2 Å². The highest BCUT2D eigenvalue weighted by Gasteiger charge is 2.15. The molecule has 0 fully saturated rings. The molecule has 0 aliphatic heterocycles. The first-order chi connectivity index (χ1) is 11.4. The maximum atomic E-state index is 12.3. The van der Waals surface area contributed by atoms with Crippen molar-refractivity contribution >= 4 is 22.7 Å². The van der Waals surface area contributed by atoms with Crippen LogP contribution >= 0.6 is 0 Å². The number of para-hydroxylation sites is 1. The fraction of sp³-hybridized carbons (Fsp3) is 0.412. The van der Waals surface area contributed by atoms with Crippen molar-refractivity contribution in [2.75, 3.05) is 6.54 Å². The molecule has 2 N–H and O–H groups in total. The van der Waals surface area contributed by atoms with E-state index in [2.05, 4.69) is 15.6 Å². The number of hydrogen-bond acceptors (Lipinski definition) is 4. The van der Waals surface area contributed by atoms with E-state index in [1.807, 2.05) is 13.0 Å². The summed E-state index contributed by atoms with van der Waals surface area (Å²) in [5, 5.41) is 5.84. The molecular formula is C17H22N4O3. The zero-order valence-electron chi connectivity index (χ0n) is 14.1. The molecule has 0 radical (unpaired) electrons. The molecule has 1 atom stereocenters. The number of hydrogen-bond donors (Lipinski definition) is 2. The second-order valence-electron chi connectivity index (χ2n) is 5.59. The average Bonchev–Trinajstić information content (AvgIpc) is 2.57. The standard InChI is InChI=1S/C17H22N4O3/c1-4-18-16(23)11(2)19-15(22)10-9-14-20-13-8-6-5-7-12(13)17(24)21(14)3/h5-8,11H,4,9-10H2,1-3H3,(H,18,23)(H,19,22)/t11-/m1/s1. The van der Waals surface area contributed by atoms with Gasteiger partial charge in [-0.25, -0.2) is 4.98 Å². The summed E-state index contributed by atoms with van der Waals surface area (Å²) in [5.74, 6) is 0.0674. The minimum Gasteiger partial charge on any atom is -0.355 e. The van der Waals surface area contributed by atoms with E-state index < -0.39 is 6.04 Å². The zero-order valence-corrected chi connectivity index (χ0v) is 14.1. The number of amides is 2. The third-order valence-corrected chi connectivity index (χ3v) is 3.77. The van der Waals surface area contributed by atoms with Gasteiger partial charge in [0, 0.05) is 26.4 Å². The molecule has 0 aliphatic rings. The van der Waals surface area contributed by atoms with Gasteiger partial charge in [-0.3, -0.25) is 19.0 Å². The van der Waals surface area contributed by atoms with Gasteiger partial charge in [0.25, 0.3) is 5.56 Å². The molecular weight excluding hydrogens is 308 g/mol. The summed E-state index contributed by atoms with van der Waals surface area (Å²) in [6.45, 7) is 3.97. The lowest BCUT2D eigenvalue weighted by atomic mass is 10.2. The van der Waals surface area contributed by atoms with Crippen LogP contribution in [0, 0.1) is 0 Å². The SMILES string of the molecule is CCNC(=O)[C@@H](C)NC(=O)CCc1nc2ccccc2c(=O)n1C. The smallest absolute Gasteiger partial charge is 0.261 e. The number of nitrogens with one attached hydrogen (secondary N) is 2. The van der Waals surface area contributed by atoms with E-state index in [0.29, 0.717) is 29.7 Å². The molecule has 1 aromatic carbocycles. The third-order valence-electron chi connectivity index (χ3n) is 3.77. The summed E-state index contributed by atoms with van der Waals surface area (Å²) in [6.07, 6.45) is 0.479. The Morgan fingerprint density at radius 2 is 2.00 bits per heavy atom. The summed E-state index contributed by atoms with van der Waals surface area (Å²) in [7, 11) is 1.65. The number of carbonyl (C=O) groups excluding carboxylic acids is 2. The van der Waals surface area contributed by atoms with Gasteiger partial charge in [-0.2, -0.15) is 0 Å². The van der Waals surface area contributed by atoms with Crippen LogP contribution in [0.4, 0.5) is 0 Å². The lowest BCUT2D eigenvalue weighted by molar-refractivity contribution is -0.128. The first-order valence-electron chi connectivity index (χ1n) is 7.95. The highest BCUT2D eigenvalue weighted by atomic mass is 16.2. The molecule has 2 aromatic rings. The van der Waals surface area contributed by atoms with Crippen LogP contribution in [0.15, 0.2) is 29.1 Å². The molecule has 0 saturated carbocycles. The molecule has 1 aromatic heterocycles. The van der Waals surface area contributed by atoms with E-state index in [4.69, 9.17) is 0 Å². The molecule has 7 nitrogen and oxygen atoms in total. The summed E-state index contributed by atoms with van der Waals surface area (Å²) in [6, 6.07) is 6.53. The minimum absolute atomic E-state index is 0.133. The minimum atomic E-state index is -0.592. The molecule has 0 unspecified atom stereocenters. The average molecular weight is 330 g/mol. The third kappa shape index (κ3) is 3.98. The number of benzene rings is 1. The maximum Gasteiger partial charge on any atom is 0.261 e. The van der Waals surface area contributed by atoms with Gasteiger partial charge >= 0.3 is 0 Å². The van der Waals surface area contributed by atoms with Crippen molar-refractivity contribution in [2.45, 2.75) is 32.7 Å². The Kier molecular flexibility index (Phi) is 5.68. The van der Waals surface area contributed by atoms with Gasteiger partial charge in [0.15, 0.2) is 0 Å². The molecule has 0 saturated heterocycles. The van der Waals surface area contributed by atoms with Crippen molar-refractivity contribution in [3.05, 3.63) is 40.4 Å². The molecule has 0 spiro atoms. The van der Waals surface area contributed by atoms with Gasteiger partial charge in [0.2, 0.25) is 11.8 Å². The largest absolute Gasteiger partial charge is 0.355 e. The molecule has 7 heteroatoms. The first-order valence-corrected chi connectivity index (χ1v) is 7.95. The Morgan fingerprint density at radius 1 is 1.29 bits per heavy atom. The summed E-state index contributed by atoms with van der Waals surface area (Å²) < 4.78 is 1.46. The predicted molar refractivity (Wildman–Crippen MR) is 91.6 cm³/mol. The molecule has 0 bridgehead atoms. The zero-order chi connectivity index (χ0) is 17.7. The highest BCUT2D eigenvalue weighted by Crippen LogP contribution is 2.08. The molecule has 2 rings (SSSR count). The normalized spacial score (nSPS) is 12.0.